The fourth-order valence-electron chi connectivity index (χ4n) is 2.53. The molecule has 0 atom stereocenters. The van der Waals surface area contributed by atoms with Gasteiger partial charge < -0.3 is 4.42 Å². The highest BCUT2D eigenvalue weighted by Crippen LogP contribution is 2.34. The molecule has 0 radical (unpaired) electrons. The molecular formula is C14H14O2. The van der Waals surface area contributed by atoms with Crippen LogP contribution in [0.25, 0.3) is 11.0 Å². The van der Waals surface area contributed by atoms with Crippen molar-refractivity contribution in [3.05, 3.63) is 46.3 Å². The molecule has 2 heteroatoms. The molecule has 0 unspecified atom stereocenters. The molecule has 0 saturated heterocycles. The lowest BCUT2D eigenvalue weighted by Crippen LogP contribution is -2.04. The Balaban J connectivity index is 2.17. The van der Waals surface area contributed by atoms with Gasteiger partial charge in [-0.05, 0) is 25.0 Å². The van der Waals surface area contributed by atoms with Crippen LogP contribution in [0.5, 0.6) is 0 Å². The second-order valence-electron chi connectivity index (χ2n) is 4.49. The Morgan fingerprint density at radius 3 is 2.69 bits per heavy atom. The molecule has 2 aromatic rings. The second-order valence-corrected chi connectivity index (χ2v) is 4.49. The number of hydrogen-bond donors (Lipinski definition) is 0. The van der Waals surface area contributed by atoms with E-state index in [4.69, 9.17) is 4.42 Å². The van der Waals surface area contributed by atoms with Gasteiger partial charge in [0.25, 0.3) is 0 Å². The summed E-state index contributed by atoms with van der Waals surface area (Å²) in [5, 5.41) is 0.684. The van der Waals surface area contributed by atoms with Crippen molar-refractivity contribution < 1.29 is 4.42 Å². The number of fused-ring (bicyclic) bond motifs is 1. The standard InChI is InChI=1S/C14H14O2/c15-12-9-14(10-5-1-2-6-10)16-13-8-4-3-7-11(12)13/h3-4,7-10H,1-2,5-6H2. The van der Waals surface area contributed by atoms with Gasteiger partial charge >= 0.3 is 0 Å². The van der Waals surface area contributed by atoms with E-state index in [9.17, 15) is 4.79 Å². The van der Waals surface area contributed by atoms with Crippen molar-refractivity contribution in [2.75, 3.05) is 0 Å². The molecule has 0 amide bonds. The van der Waals surface area contributed by atoms with Crippen molar-refractivity contribution in [1.82, 2.24) is 0 Å². The maximum Gasteiger partial charge on any atom is 0.192 e. The van der Waals surface area contributed by atoms with Gasteiger partial charge in [0.1, 0.15) is 11.3 Å². The van der Waals surface area contributed by atoms with Gasteiger partial charge in [-0.25, -0.2) is 0 Å². The highest BCUT2D eigenvalue weighted by atomic mass is 16.3. The van der Waals surface area contributed by atoms with Gasteiger partial charge in [-0.1, -0.05) is 25.0 Å². The van der Waals surface area contributed by atoms with E-state index in [2.05, 4.69) is 0 Å². The lowest BCUT2D eigenvalue weighted by atomic mass is 10.0. The largest absolute Gasteiger partial charge is 0.461 e. The normalized spacial score (nSPS) is 17.0. The summed E-state index contributed by atoms with van der Waals surface area (Å²) >= 11 is 0. The fraction of sp³-hybridized carbons (Fsp3) is 0.357. The van der Waals surface area contributed by atoms with Crippen molar-refractivity contribution >= 4 is 11.0 Å². The maximum absolute atomic E-state index is 11.9. The van der Waals surface area contributed by atoms with Crippen LogP contribution in [0.15, 0.2) is 39.5 Å². The van der Waals surface area contributed by atoms with Gasteiger partial charge in [-0.3, -0.25) is 4.79 Å². The molecule has 1 heterocycles. The van der Waals surface area contributed by atoms with Crippen LogP contribution in [0.4, 0.5) is 0 Å². The molecule has 0 aliphatic heterocycles. The van der Waals surface area contributed by atoms with Gasteiger partial charge in [0, 0.05) is 12.0 Å². The topological polar surface area (TPSA) is 30.2 Å². The molecule has 0 spiro atoms. The quantitative estimate of drug-likeness (QED) is 0.727. The van der Waals surface area contributed by atoms with Crippen molar-refractivity contribution in [3.8, 4) is 0 Å². The van der Waals surface area contributed by atoms with Gasteiger partial charge in [0.2, 0.25) is 0 Å². The minimum Gasteiger partial charge on any atom is -0.461 e. The zero-order valence-corrected chi connectivity index (χ0v) is 9.11. The summed E-state index contributed by atoms with van der Waals surface area (Å²) < 4.78 is 5.83. The van der Waals surface area contributed by atoms with E-state index in [-0.39, 0.29) is 5.43 Å². The predicted molar refractivity (Wildman–Crippen MR) is 63.7 cm³/mol. The smallest absolute Gasteiger partial charge is 0.192 e. The minimum atomic E-state index is 0.0868. The number of para-hydroxylation sites is 1. The second kappa shape index (κ2) is 3.78. The summed E-state index contributed by atoms with van der Waals surface area (Å²) in [5.74, 6) is 1.33. The molecule has 2 nitrogen and oxygen atoms in total. The number of hydrogen-bond acceptors (Lipinski definition) is 2. The summed E-state index contributed by atoms with van der Waals surface area (Å²) in [6, 6.07) is 9.14. The lowest BCUT2D eigenvalue weighted by molar-refractivity contribution is 0.483. The van der Waals surface area contributed by atoms with Gasteiger partial charge in [0.15, 0.2) is 5.43 Å². The van der Waals surface area contributed by atoms with Gasteiger partial charge in [-0.2, -0.15) is 0 Å². The van der Waals surface area contributed by atoms with E-state index < -0.39 is 0 Å². The number of rotatable bonds is 1. The van der Waals surface area contributed by atoms with Crippen LogP contribution in [0, 0.1) is 0 Å². The average molecular weight is 214 g/mol. The summed E-state index contributed by atoms with van der Waals surface area (Å²) in [6.45, 7) is 0. The molecule has 0 bridgehead atoms. The average Bonchev–Trinajstić information content (AvgIpc) is 2.82. The van der Waals surface area contributed by atoms with Crippen LogP contribution in [0.2, 0.25) is 0 Å². The Kier molecular flexibility index (Phi) is 2.28. The van der Waals surface area contributed by atoms with Crippen molar-refractivity contribution in [2.24, 2.45) is 0 Å². The monoisotopic (exact) mass is 214 g/mol. The van der Waals surface area contributed by atoms with Crippen molar-refractivity contribution in [1.29, 1.82) is 0 Å². The summed E-state index contributed by atoms with van der Waals surface area (Å²) in [6.07, 6.45) is 4.81. The molecule has 1 fully saturated rings. The van der Waals surface area contributed by atoms with Crippen molar-refractivity contribution in [2.45, 2.75) is 31.6 Å². The highest BCUT2D eigenvalue weighted by Gasteiger charge is 2.20. The van der Waals surface area contributed by atoms with E-state index in [0.29, 0.717) is 11.3 Å². The van der Waals surface area contributed by atoms with Crippen LogP contribution in [-0.4, -0.2) is 0 Å². The first-order chi connectivity index (χ1) is 7.84. The SMILES string of the molecule is O=c1cc(C2CCCC2)oc2ccccc12. The third-order valence-corrected chi connectivity index (χ3v) is 3.41. The highest BCUT2D eigenvalue weighted by molar-refractivity contribution is 5.76. The lowest BCUT2D eigenvalue weighted by Gasteiger charge is -2.08. The first kappa shape index (κ1) is 9.64. The molecule has 0 N–H and O–H groups in total. The zero-order chi connectivity index (χ0) is 11.0. The van der Waals surface area contributed by atoms with Crippen LogP contribution in [0.1, 0.15) is 37.4 Å². The third-order valence-electron chi connectivity index (χ3n) is 3.41. The van der Waals surface area contributed by atoms with Crippen LogP contribution in [0.3, 0.4) is 0 Å². The molecule has 3 rings (SSSR count). The maximum atomic E-state index is 11.9. The summed E-state index contributed by atoms with van der Waals surface area (Å²) in [7, 11) is 0. The molecule has 16 heavy (non-hydrogen) atoms. The Labute approximate surface area is 93.9 Å². The molecule has 1 aliphatic rings. The Bertz CT molecular complexity index is 562. The van der Waals surface area contributed by atoms with Gasteiger partial charge in [-0.15, -0.1) is 0 Å². The first-order valence-corrected chi connectivity index (χ1v) is 5.87. The Morgan fingerprint density at radius 2 is 1.88 bits per heavy atom. The van der Waals surface area contributed by atoms with Crippen LogP contribution in [-0.2, 0) is 0 Å². The molecule has 1 aromatic heterocycles. The predicted octanol–water partition coefficient (Wildman–Crippen LogP) is 3.45. The Hall–Kier alpha value is -1.57. The van der Waals surface area contributed by atoms with Gasteiger partial charge in [0.05, 0.1) is 5.39 Å². The minimum absolute atomic E-state index is 0.0868. The zero-order valence-electron chi connectivity index (χ0n) is 9.11. The van der Waals surface area contributed by atoms with Crippen LogP contribution >= 0.6 is 0 Å². The molecular weight excluding hydrogens is 200 g/mol. The summed E-state index contributed by atoms with van der Waals surface area (Å²) in [4.78, 5) is 11.9. The molecule has 82 valence electrons. The summed E-state index contributed by atoms with van der Waals surface area (Å²) in [5.41, 5.74) is 0.806. The van der Waals surface area contributed by atoms with E-state index in [0.717, 1.165) is 24.2 Å². The Morgan fingerprint density at radius 1 is 1.12 bits per heavy atom. The van der Waals surface area contributed by atoms with Crippen molar-refractivity contribution in [3.63, 3.8) is 0 Å². The van der Waals surface area contributed by atoms with Crippen LogP contribution < -0.4 is 5.43 Å². The van der Waals surface area contributed by atoms with E-state index >= 15 is 0 Å². The van der Waals surface area contributed by atoms with E-state index in [1.807, 2.05) is 24.3 Å². The first-order valence-electron chi connectivity index (χ1n) is 5.87. The third kappa shape index (κ3) is 1.54. The molecule has 1 saturated carbocycles. The van der Waals surface area contributed by atoms with E-state index in [1.165, 1.54) is 12.8 Å². The number of benzene rings is 1. The van der Waals surface area contributed by atoms with E-state index in [1.54, 1.807) is 6.07 Å². The molecule has 1 aliphatic carbocycles. The molecule has 1 aromatic carbocycles. The fourth-order valence-corrected chi connectivity index (χ4v) is 2.53.